The number of benzene rings is 9. The average Bonchev–Trinajstić information content (AvgIpc) is 3.97. The minimum Gasteiger partial charge on any atom is -0.309 e. The molecule has 5 nitrogen and oxygen atoms in total. The molecule has 12 aromatic rings. The molecule has 0 saturated carbocycles. The van der Waals surface area contributed by atoms with Crippen LogP contribution in [0, 0.1) is 0 Å². The van der Waals surface area contributed by atoms with E-state index in [0.717, 1.165) is 60.9 Å². The lowest BCUT2D eigenvalue weighted by Gasteiger charge is -2.21. The van der Waals surface area contributed by atoms with Gasteiger partial charge in [0.15, 0.2) is 11.6 Å². The first kappa shape index (κ1) is 37.2. The van der Waals surface area contributed by atoms with Crippen molar-refractivity contribution < 1.29 is 0 Å². The first-order chi connectivity index (χ1) is 32.0. The molecule has 0 fully saturated rings. The number of rotatable bonds is 6. The van der Waals surface area contributed by atoms with Gasteiger partial charge < -0.3 is 4.57 Å². The van der Waals surface area contributed by atoms with Crippen LogP contribution in [0.1, 0.15) is 25.0 Å². The molecule has 1 aliphatic carbocycles. The van der Waals surface area contributed by atoms with Crippen LogP contribution in [0.15, 0.2) is 212 Å². The third kappa shape index (κ3) is 5.75. The number of hydrogen-bond acceptors (Lipinski definition) is 3. The molecular weight excluding hydrogens is 791 g/mol. The largest absolute Gasteiger partial charge is 0.309 e. The number of nitrogens with zero attached hydrogens (tertiary/aromatic N) is 5. The van der Waals surface area contributed by atoms with Gasteiger partial charge in [0.2, 0.25) is 5.95 Å². The first-order valence-electron chi connectivity index (χ1n) is 22.3. The summed E-state index contributed by atoms with van der Waals surface area (Å²) >= 11 is 0. The summed E-state index contributed by atoms with van der Waals surface area (Å²) in [6.45, 7) is 4.68. The van der Waals surface area contributed by atoms with E-state index in [1.165, 1.54) is 44.1 Å². The van der Waals surface area contributed by atoms with E-state index < -0.39 is 0 Å². The molecule has 0 amide bonds. The molecule has 13 rings (SSSR count). The first-order valence-corrected chi connectivity index (χ1v) is 22.3. The summed E-state index contributed by atoms with van der Waals surface area (Å²) in [5.41, 5.74) is 17.0. The SMILES string of the molecule is CC1(C)c2ccccc2-c2c1ccc1c3cc(-c4ccc5c(c4)c4ccccc4n5-c4ccccc4)ccc3n(-c3nc(-c4ccccc4)nc(-c4cccc(-c5ccccc5)c4)n3)c21. The second-order valence-electron chi connectivity index (χ2n) is 17.6. The van der Waals surface area contributed by atoms with Crippen LogP contribution < -0.4 is 0 Å². The molecule has 3 aromatic heterocycles. The van der Waals surface area contributed by atoms with E-state index in [-0.39, 0.29) is 5.41 Å². The summed E-state index contributed by atoms with van der Waals surface area (Å²) in [6.07, 6.45) is 0. The fraction of sp³-hybridized carbons (Fsp3) is 0.0500. The van der Waals surface area contributed by atoms with Crippen molar-refractivity contribution in [3.05, 3.63) is 223 Å². The highest BCUT2D eigenvalue weighted by Gasteiger charge is 2.38. The Morgan fingerprint density at radius 3 is 1.66 bits per heavy atom. The van der Waals surface area contributed by atoms with Gasteiger partial charge in [-0.2, -0.15) is 9.97 Å². The second kappa shape index (κ2) is 14.3. The van der Waals surface area contributed by atoms with Gasteiger partial charge in [-0.3, -0.25) is 4.57 Å². The van der Waals surface area contributed by atoms with Crippen LogP contribution in [0.2, 0.25) is 0 Å². The quantitative estimate of drug-likeness (QED) is 0.168. The Kier molecular flexibility index (Phi) is 8.18. The van der Waals surface area contributed by atoms with Crippen LogP contribution in [0.25, 0.3) is 111 Å². The zero-order valence-electron chi connectivity index (χ0n) is 35.9. The van der Waals surface area contributed by atoms with E-state index in [1.807, 2.05) is 24.3 Å². The fourth-order valence-corrected chi connectivity index (χ4v) is 10.5. The Hall–Kier alpha value is -8.41. The molecule has 9 aromatic carbocycles. The Morgan fingerprint density at radius 2 is 0.908 bits per heavy atom. The molecule has 0 N–H and O–H groups in total. The normalized spacial score (nSPS) is 12.9. The zero-order valence-corrected chi connectivity index (χ0v) is 35.9. The van der Waals surface area contributed by atoms with Crippen LogP contribution in [0.5, 0.6) is 0 Å². The lowest BCUT2D eigenvalue weighted by Crippen LogP contribution is -2.14. The summed E-state index contributed by atoms with van der Waals surface area (Å²) in [6, 6.07) is 76.0. The Balaban J connectivity index is 1.07. The summed E-state index contributed by atoms with van der Waals surface area (Å²) < 4.78 is 4.68. The number of fused-ring (bicyclic) bond motifs is 10. The Labute approximate surface area is 376 Å². The van der Waals surface area contributed by atoms with Crippen molar-refractivity contribution >= 4 is 43.6 Å². The van der Waals surface area contributed by atoms with Crippen molar-refractivity contribution in [1.29, 1.82) is 0 Å². The van der Waals surface area contributed by atoms with Gasteiger partial charge >= 0.3 is 0 Å². The summed E-state index contributed by atoms with van der Waals surface area (Å²) in [5.74, 6) is 1.82. The highest BCUT2D eigenvalue weighted by Crippen LogP contribution is 2.53. The average molecular weight is 832 g/mol. The van der Waals surface area contributed by atoms with Crippen LogP contribution in [0.3, 0.4) is 0 Å². The van der Waals surface area contributed by atoms with Crippen LogP contribution in [-0.2, 0) is 5.41 Å². The van der Waals surface area contributed by atoms with E-state index in [2.05, 4.69) is 211 Å². The van der Waals surface area contributed by atoms with Gasteiger partial charge in [-0.25, -0.2) is 4.98 Å². The highest BCUT2D eigenvalue weighted by atomic mass is 15.2. The molecule has 3 heterocycles. The van der Waals surface area contributed by atoms with E-state index in [0.29, 0.717) is 17.6 Å². The maximum atomic E-state index is 5.43. The maximum Gasteiger partial charge on any atom is 0.238 e. The van der Waals surface area contributed by atoms with Gasteiger partial charge in [-0.1, -0.05) is 178 Å². The minimum absolute atomic E-state index is 0.196. The monoisotopic (exact) mass is 831 g/mol. The zero-order chi connectivity index (χ0) is 43.2. The van der Waals surface area contributed by atoms with Crippen molar-refractivity contribution in [1.82, 2.24) is 24.1 Å². The third-order valence-corrected chi connectivity index (χ3v) is 13.6. The van der Waals surface area contributed by atoms with Gasteiger partial charge in [0.1, 0.15) is 0 Å². The number of para-hydroxylation sites is 2. The molecule has 1 aliphatic rings. The molecule has 65 heavy (non-hydrogen) atoms. The van der Waals surface area contributed by atoms with Gasteiger partial charge in [0, 0.05) is 49.3 Å². The smallest absolute Gasteiger partial charge is 0.238 e. The summed E-state index contributed by atoms with van der Waals surface area (Å²) in [7, 11) is 0. The van der Waals surface area contributed by atoms with E-state index >= 15 is 0 Å². The van der Waals surface area contributed by atoms with Crippen molar-refractivity contribution in [2.24, 2.45) is 0 Å². The van der Waals surface area contributed by atoms with Crippen molar-refractivity contribution in [3.63, 3.8) is 0 Å². The molecule has 0 unspecified atom stereocenters. The molecule has 0 atom stereocenters. The molecule has 0 bridgehead atoms. The number of aromatic nitrogens is 5. The lowest BCUT2D eigenvalue weighted by atomic mass is 9.82. The lowest BCUT2D eigenvalue weighted by molar-refractivity contribution is 0.660. The molecule has 0 saturated heterocycles. The second-order valence-corrected chi connectivity index (χ2v) is 17.6. The summed E-state index contributed by atoms with van der Waals surface area (Å²) in [4.78, 5) is 16.0. The van der Waals surface area contributed by atoms with Crippen molar-refractivity contribution in [3.8, 4) is 67.8 Å². The molecular formula is C60H41N5. The molecule has 0 spiro atoms. The minimum atomic E-state index is -0.196. The predicted octanol–water partition coefficient (Wildman–Crippen LogP) is 15.0. The predicted molar refractivity (Wildman–Crippen MR) is 268 cm³/mol. The van der Waals surface area contributed by atoms with Gasteiger partial charge in [-0.05, 0) is 87.5 Å². The molecule has 306 valence electrons. The highest BCUT2D eigenvalue weighted by molar-refractivity contribution is 6.17. The molecule has 0 radical (unpaired) electrons. The number of hydrogen-bond donors (Lipinski definition) is 0. The Morgan fingerprint density at radius 1 is 0.354 bits per heavy atom. The molecule has 5 heteroatoms. The van der Waals surface area contributed by atoms with Crippen LogP contribution >= 0.6 is 0 Å². The fourth-order valence-electron chi connectivity index (χ4n) is 10.5. The van der Waals surface area contributed by atoms with Crippen molar-refractivity contribution in [2.75, 3.05) is 0 Å². The topological polar surface area (TPSA) is 48.5 Å². The standard InChI is InChI=1S/C60H41N5/c1-60(2)50-27-14-12-26-47(50)55-51(60)32-31-46-49-37-42(41-29-33-53-48(36-41)45-25-13-15-28-52(45)64(53)44-23-10-5-11-24-44)30-34-54(49)65(56(46)55)59-62-57(39-19-8-4-9-20-39)61-58(63-59)43-22-16-21-40(35-43)38-17-6-3-7-18-38/h3-37H,1-2H3. The maximum absolute atomic E-state index is 5.43. The third-order valence-electron chi connectivity index (χ3n) is 13.6. The Bertz CT molecular complexity index is 3840. The van der Waals surface area contributed by atoms with Crippen LogP contribution in [-0.4, -0.2) is 24.1 Å². The van der Waals surface area contributed by atoms with E-state index in [9.17, 15) is 0 Å². The van der Waals surface area contributed by atoms with Gasteiger partial charge in [-0.15, -0.1) is 0 Å². The van der Waals surface area contributed by atoms with Crippen molar-refractivity contribution in [2.45, 2.75) is 19.3 Å². The van der Waals surface area contributed by atoms with E-state index in [4.69, 9.17) is 15.0 Å². The van der Waals surface area contributed by atoms with Gasteiger partial charge in [0.05, 0.1) is 22.1 Å². The van der Waals surface area contributed by atoms with Crippen LogP contribution in [0.4, 0.5) is 0 Å². The summed E-state index contributed by atoms with van der Waals surface area (Å²) in [5, 5.41) is 4.76. The molecule has 0 aliphatic heterocycles. The van der Waals surface area contributed by atoms with E-state index in [1.54, 1.807) is 0 Å². The van der Waals surface area contributed by atoms with Gasteiger partial charge in [0.25, 0.3) is 0 Å².